The van der Waals surface area contributed by atoms with E-state index < -0.39 is 0 Å². The van der Waals surface area contributed by atoms with Crippen molar-refractivity contribution in [3.8, 4) is 0 Å². The molecule has 0 radical (unpaired) electrons. The van der Waals surface area contributed by atoms with Gasteiger partial charge >= 0.3 is 0 Å². The third-order valence-electron chi connectivity index (χ3n) is 5.39. The molecule has 2 amide bonds. The van der Waals surface area contributed by atoms with Gasteiger partial charge in [0, 0.05) is 50.0 Å². The van der Waals surface area contributed by atoms with E-state index in [1.807, 2.05) is 72.8 Å². The number of nitrogens with zero attached hydrogens (tertiary/aromatic N) is 3. The van der Waals surface area contributed by atoms with E-state index in [1.165, 1.54) is 0 Å². The average Bonchev–Trinajstić information content (AvgIpc) is 3.18. The van der Waals surface area contributed by atoms with Crippen LogP contribution in [0.25, 0.3) is 10.9 Å². The molecule has 0 bridgehead atoms. The monoisotopic (exact) mass is 356 g/mol. The van der Waals surface area contributed by atoms with Gasteiger partial charge in [0.1, 0.15) is 0 Å². The maximum Gasteiger partial charge on any atom is 0.251 e. The molecule has 2 atom stereocenters. The summed E-state index contributed by atoms with van der Waals surface area (Å²) in [5.41, 5.74) is 1.69. The Morgan fingerprint density at radius 1 is 1.19 bits per heavy atom. The van der Waals surface area contributed by atoms with Crippen LogP contribution in [0.5, 0.6) is 0 Å². The van der Waals surface area contributed by atoms with Gasteiger partial charge in [-0.1, -0.05) is 6.07 Å². The number of aromatic nitrogens is 1. The second kappa shape index (κ2) is 7.50. The summed E-state index contributed by atoms with van der Waals surface area (Å²) in [5, 5.41) is 4.22. The Kier molecular flexibility index (Phi) is 5.32. The molecule has 1 aromatic heterocycles. The van der Waals surface area contributed by atoms with Crippen LogP contribution in [0.1, 0.15) is 30.6 Å². The molecule has 1 saturated heterocycles. The maximum absolute atomic E-state index is 12.7. The largest absolute Gasteiger partial charge is 0.351 e. The van der Waals surface area contributed by atoms with Crippen molar-refractivity contribution in [2.24, 2.45) is 7.05 Å². The van der Waals surface area contributed by atoms with Crippen LogP contribution in [-0.4, -0.2) is 64.9 Å². The minimum Gasteiger partial charge on any atom is -0.351 e. The molecule has 1 aliphatic heterocycles. The molecule has 6 nitrogen and oxygen atoms in total. The van der Waals surface area contributed by atoms with Gasteiger partial charge in [0.25, 0.3) is 5.91 Å². The van der Waals surface area contributed by atoms with E-state index in [-0.39, 0.29) is 23.9 Å². The standard InChI is InChI=1S/C20H28N4O2/c1-5-24(6-2)20(26)18-12-16(13-23(18)4)21-19(25)15-8-7-14-9-10-22(3)17(14)11-15/h7-11,16,18H,5-6,12-13H2,1-4H3,(H,21,25)/t16-,18+/m1/s1. The van der Waals surface area contributed by atoms with Gasteiger partial charge in [0.05, 0.1) is 6.04 Å². The van der Waals surface area contributed by atoms with Crippen LogP contribution in [-0.2, 0) is 11.8 Å². The number of carbonyl (C=O) groups is 2. The number of nitrogens with one attached hydrogen (secondary N) is 1. The summed E-state index contributed by atoms with van der Waals surface area (Å²) in [5.74, 6) is 0.0712. The third kappa shape index (κ3) is 3.46. The average molecular weight is 356 g/mol. The van der Waals surface area contributed by atoms with E-state index in [4.69, 9.17) is 0 Å². The van der Waals surface area contributed by atoms with Crippen LogP contribution in [0.3, 0.4) is 0 Å². The summed E-state index contributed by atoms with van der Waals surface area (Å²) in [6, 6.07) is 7.61. The minimum atomic E-state index is -0.157. The van der Waals surface area contributed by atoms with E-state index in [9.17, 15) is 9.59 Å². The number of hydrogen-bond acceptors (Lipinski definition) is 3. The molecule has 0 unspecified atom stereocenters. The number of likely N-dealkylation sites (tertiary alicyclic amines) is 1. The SMILES string of the molecule is CCN(CC)C(=O)[C@@H]1C[C@@H](NC(=O)c2ccc3ccn(C)c3c2)CN1C. The summed E-state index contributed by atoms with van der Waals surface area (Å²) >= 11 is 0. The Labute approximate surface area is 154 Å². The first-order valence-electron chi connectivity index (χ1n) is 9.29. The zero-order valence-electron chi connectivity index (χ0n) is 16.0. The number of likely N-dealkylation sites (N-methyl/N-ethyl adjacent to an activating group) is 2. The third-order valence-corrected chi connectivity index (χ3v) is 5.39. The van der Waals surface area contributed by atoms with Crippen molar-refractivity contribution >= 4 is 22.7 Å². The number of fused-ring (bicyclic) bond motifs is 1. The Hall–Kier alpha value is -2.34. The summed E-state index contributed by atoms with van der Waals surface area (Å²) in [6.07, 6.45) is 2.64. The number of carbonyl (C=O) groups excluding carboxylic acids is 2. The van der Waals surface area contributed by atoms with Crippen LogP contribution in [0.15, 0.2) is 30.5 Å². The van der Waals surface area contributed by atoms with Crippen LogP contribution in [0.2, 0.25) is 0 Å². The van der Waals surface area contributed by atoms with Gasteiger partial charge in [-0.3, -0.25) is 14.5 Å². The van der Waals surface area contributed by atoms with Crippen molar-refractivity contribution in [2.45, 2.75) is 32.4 Å². The number of rotatable bonds is 5. The first-order valence-corrected chi connectivity index (χ1v) is 9.29. The summed E-state index contributed by atoms with van der Waals surface area (Å²) in [7, 11) is 3.92. The van der Waals surface area contributed by atoms with Crippen LogP contribution in [0.4, 0.5) is 0 Å². The lowest BCUT2D eigenvalue weighted by Crippen LogP contribution is -2.44. The molecule has 1 aromatic carbocycles. The van der Waals surface area contributed by atoms with Crippen LogP contribution < -0.4 is 5.32 Å². The molecular formula is C20H28N4O2. The lowest BCUT2D eigenvalue weighted by Gasteiger charge is -2.26. The molecule has 1 N–H and O–H groups in total. The quantitative estimate of drug-likeness (QED) is 0.889. The van der Waals surface area contributed by atoms with Gasteiger partial charge in [-0.05, 0) is 50.9 Å². The van der Waals surface area contributed by atoms with E-state index in [2.05, 4.69) is 5.32 Å². The maximum atomic E-state index is 12.7. The van der Waals surface area contributed by atoms with Gasteiger partial charge in [0.15, 0.2) is 0 Å². The first kappa shape index (κ1) is 18.5. The molecule has 2 heterocycles. The van der Waals surface area contributed by atoms with Crippen LogP contribution in [0, 0.1) is 0 Å². The van der Waals surface area contributed by atoms with Gasteiger partial charge < -0.3 is 14.8 Å². The van der Waals surface area contributed by atoms with Crippen molar-refractivity contribution in [3.63, 3.8) is 0 Å². The zero-order valence-corrected chi connectivity index (χ0v) is 16.0. The van der Waals surface area contributed by atoms with E-state index in [1.54, 1.807) is 0 Å². The molecule has 140 valence electrons. The highest BCUT2D eigenvalue weighted by atomic mass is 16.2. The fraction of sp³-hybridized carbons (Fsp3) is 0.500. The highest BCUT2D eigenvalue weighted by Gasteiger charge is 2.36. The molecule has 1 aliphatic rings. The topological polar surface area (TPSA) is 57.6 Å². The molecule has 1 fully saturated rings. The van der Waals surface area contributed by atoms with Gasteiger partial charge in [-0.15, -0.1) is 0 Å². The smallest absolute Gasteiger partial charge is 0.251 e. The molecule has 2 aromatic rings. The van der Waals surface area contributed by atoms with E-state index in [0.717, 1.165) is 10.9 Å². The summed E-state index contributed by atoms with van der Waals surface area (Å²) in [4.78, 5) is 29.2. The molecule has 6 heteroatoms. The number of benzene rings is 1. The molecular weight excluding hydrogens is 328 g/mol. The molecule has 0 aliphatic carbocycles. The predicted octanol–water partition coefficient (Wildman–Crippen LogP) is 1.85. The lowest BCUT2D eigenvalue weighted by atomic mass is 10.1. The fourth-order valence-electron chi connectivity index (χ4n) is 3.81. The van der Waals surface area contributed by atoms with Gasteiger partial charge in [0.2, 0.25) is 5.91 Å². The number of amides is 2. The minimum absolute atomic E-state index is 0.0129. The second-order valence-corrected chi connectivity index (χ2v) is 7.07. The molecule has 0 spiro atoms. The molecule has 26 heavy (non-hydrogen) atoms. The first-order chi connectivity index (χ1) is 12.4. The summed E-state index contributed by atoms with van der Waals surface area (Å²) in [6.45, 7) is 6.11. The highest BCUT2D eigenvalue weighted by Crippen LogP contribution is 2.20. The summed E-state index contributed by atoms with van der Waals surface area (Å²) < 4.78 is 2.01. The van der Waals surface area contributed by atoms with Crippen LogP contribution >= 0.6 is 0 Å². The fourth-order valence-corrected chi connectivity index (χ4v) is 3.81. The van der Waals surface area contributed by atoms with E-state index in [0.29, 0.717) is 31.6 Å². The predicted molar refractivity (Wildman–Crippen MR) is 103 cm³/mol. The van der Waals surface area contributed by atoms with Crippen molar-refractivity contribution in [1.29, 1.82) is 0 Å². The van der Waals surface area contributed by atoms with E-state index >= 15 is 0 Å². The van der Waals surface area contributed by atoms with Crippen molar-refractivity contribution in [1.82, 2.24) is 19.7 Å². The normalized spacial score (nSPS) is 20.5. The highest BCUT2D eigenvalue weighted by molar-refractivity contribution is 5.98. The Morgan fingerprint density at radius 2 is 1.92 bits per heavy atom. The number of aryl methyl sites for hydroxylation is 1. The zero-order chi connectivity index (χ0) is 18.8. The van der Waals surface area contributed by atoms with Crippen molar-refractivity contribution in [3.05, 3.63) is 36.0 Å². The lowest BCUT2D eigenvalue weighted by molar-refractivity contribution is -0.135. The molecule has 0 saturated carbocycles. The Balaban J connectivity index is 1.67. The number of hydrogen-bond donors (Lipinski definition) is 1. The van der Waals surface area contributed by atoms with Gasteiger partial charge in [-0.25, -0.2) is 0 Å². The second-order valence-electron chi connectivity index (χ2n) is 7.07. The Bertz CT molecular complexity index is 809. The van der Waals surface area contributed by atoms with Crippen molar-refractivity contribution < 1.29 is 9.59 Å². The molecule has 3 rings (SSSR count). The van der Waals surface area contributed by atoms with Crippen molar-refractivity contribution in [2.75, 3.05) is 26.7 Å². The Morgan fingerprint density at radius 3 is 2.62 bits per heavy atom. The van der Waals surface area contributed by atoms with Gasteiger partial charge in [-0.2, -0.15) is 0 Å².